The van der Waals surface area contributed by atoms with Crippen molar-refractivity contribution in [3.8, 4) is 0 Å². The van der Waals surface area contributed by atoms with E-state index in [1.165, 1.54) is 4.88 Å². The Hall–Kier alpha value is -1.25. The van der Waals surface area contributed by atoms with Crippen LogP contribution in [0.25, 0.3) is 0 Å². The van der Waals surface area contributed by atoms with Gasteiger partial charge < -0.3 is 4.74 Å². The Balaban J connectivity index is 1.79. The van der Waals surface area contributed by atoms with Gasteiger partial charge in [-0.25, -0.2) is 13.1 Å². The Labute approximate surface area is 153 Å². The molecule has 0 radical (unpaired) electrons. The molecule has 25 heavy (non-hydrogen) atoms. The Kier molecular flexibility index (Phi) is 5.91. The van der Waals surface area contributed by atoms with Crippen LogP contribution in [0.2, 0.25) is 0 Å². The highest BCUT2D eigenvalue weighted by atomic mass is 32.2. The van der Waals surface area contributed by atoms with Crippen molar-refractivity contribution >= 4 is 21.4 Å². The summed E-state index contributed by atoms with van der Waals surface area (Å²) in [5.41, 5.74) is 1.70. The number of benzene rings is 1. The number of hydrogen-bond donors (Lipinski definition) is 1. The number of nitrogens with one attached hydrogen (secondary N) is 1. The minimum atomic E-state index is -3.54. The van der Waals surface area contributed by atoms with E-state index in [1.54, 1.807) is 17.4 Å². The Morgan fingerprint density at radius 3 is 2.68 bits per heavy atom. The molecule has 1 fully saturated rings. The molecule has 136 valence electrons. The summed E-state index contributed by atoms with van der Waals surface area (Å²) in [6, 6.07) is 9.61. The third kappa shape index (κ3) is 4.48. The average molecular weight is 381 g/mol. The van der Waals surface area contributed by atoms with Crippen LogP contribution >= 0.6 is 11.3 Å². The maximum absolute atomic E-state index is 12.8. The molecule has 5 nitrogen and oxygen atoms in total. The molecule has 1 aliphatic heterocycles. The summed E-state index contributed by atoms with van der Waals surface area (Å²) < 4.78 is 33.9. The molecule has 1 aliphatic rings. The van der Waals surface area contributed by atoms with Gasteiger partial charge >= 0.3 is 0 Å². The second-order valence-electron chi connectivity index (χ2n) is 6.30. The number of morpholine rings is 1. The average Bonchev–Trinajstić information content (AvgIpc) is 3.12. The normalized spacial score (nSPS) is 17.5. The van der Waals surface area contributed by atoms with E-state index >= 15 is 0 Å². The lowest BCUT2D eigenvalue weighted by Crippen LogP contribution is -2.43. The predicted molar refractivity (Wildman–Crippen MR) is 101 cm³/mol. The molecule has 3 rings (SSSR count). The van der Waals surface area contributed by atoms with Crippen LogP contribution in [0, 0.1) is 13.8 Å². The highest BCUT2D eigenvalue weighted by Crippen LogP contribution is 2.26. The Bertz CT molecular complexity index is 798. The van der Waals surface area contributed by atoms with Crippen LogP contribution in [0.5, 0.6) is 0 Å². The summed E-state index contributed by atoms with van der Waals surface area (Å²) in [6.07, 6.45) is 0. The first-order valence-corrected chi connectivity index (χ1v) is 10.8. The van der Waals surface area contributed by atoms with Gasteiger partial charge in [0.25, 0.3) is 0 Å². The lowest BCUT2D eigenvalue weighted by Gasteiger charge is -2.34. The van der Waals surface area contributed by atoms with Gasteiger partial charge in [0.1, 0.15) is 0 Å². The molecule has 1 atom stereocenters. The molecule has 0 unspecified atom stereocenters. The number of thiophene rings is 1. The van der Waals surface area contributed by atoms with Crippen molar-refractivity contribution in [2.24, 2.45) is 0 Å². The fourth-order valence-electron chi connectivity index (χ4n) is 3.04. The third-order valence-electron chi connectivity index (χ3n) is 4.46. The first-order chi connectivity index (χ1) is 12.0. The van der Waals surface area contributed by atoms with Gasteiger partial charge in [-0.1, -0.05) is 18.2 Å². The first-order valence-electron chi connectivity index (χ1n) is 8.39. The Morgan fingerprint density at radius 2 is 2.00 bits per heavy atom. The minimum Gasteiger partial charge on any atom is -0.379 e. The summed E-state index contributed by atoms with van der Waals surface area (Å²) in [5.74, 6) is 0. The van der Waals surface area contributed by atoms with Crippen molar-refractivity contribution in [3.05, 3.63) is 51.7 Å². The fourth-order valence-corrected chi connectivity index (χ4v) is 5.27. The molecular weight excluding hydrogens is 356 g/mol. The van der Waals surface area contributed by atoms with Crippen molar-refractivity contribution in [3.63, 3.8) is 0 Å². The number of rotatable bonds is 6. The summed E-state index contributed by atoms with van der Waals surface area (Å²) >= 11 is 1.66. The lowest BCUT2D eigenvalue weighted by molar-refractivity contribution is 0.0179. The van der Waals surface area contributed by atoms with Gasteiger partial charge in [0.2, 0.25) is 10.0 Å². The van der Waals surface area contributed by atoms with Crippen molar-refractivity contribution in [1.82, 2.24) is 9.62 Å². The molecular formula is C18H24N2O3S2. The summed E-state index contributed by atoms with van der Waals surface area (Å²) in [6.45, 7) is 7.09. The number of aryl methyl sites for hydroxylation is 2. The smallest absolute Gasteiger partial charge is 0.240 e. The SMILES string of the molecule is Cc1ccc(C)c(S(=O)(=O)NC[C@H](c2cccs2)N2CCOCC2)c1. The number of ether oxygens (including phenoxy) is 1. The molecule has 0 aliphatic carbocycles. The Morgan fingerprint density at radius 1 is 1.24 bits per heavy atom. The minimum absolute atomic E-state index is 0.0313. The molecule has 1 aromatic carbocycles. The van der Waals surface area contributed by atoms with Crippen LogP contribution in [-0.4, -0.2) is 46.2 Å². The van der Waals surface area contributed by atoms with E-state index in [0.29, 0.717) is 24.7 Å². The fraction of sp³-hybridized carbons (Fsp3) is 0.444. The summed E-state index contributed by atoms with van der Waals surface area (Å²) in [7, 11) is -3.54. The van der Waals surface area contributed by atoms with Crippen molar-refractivity contribution in [2.75, 3.05) is 32.8 Å². The summed E-state index contributed by atoms with van der Waals surface area (Å²) in [4.78, 5) is 3.82. The van der Waals surface area contributed by atoms with Gasteiger partial charge in [-0.3, -0.25) is 4.90 Å². The molecule has 1 N–H and O–H groups in total. The quantitative estimate of drug-likeness (QED) is 0.837. The van der Waals surface area contributed by atoms with E-state index in [9.17, 15) is 8.42 Å². The van der Waals surface area contributed by atoms with E-state index in [0.717, 1.165) is 24.2 Å². The second-order valence-corrected chi connectivity index (χ2v) is 9.02. The van der Waals surface area contributed by atoms with Crippen LogP contribution in [0.1, 0.15) is 22.0 Å². The van der Waals surface area contributed by atoms with E-state index in [1.807, 2.05) is 37.4 Å². The first kappa shape index (κ1) is 18.5. The van der Waals surface area contributed by atoms with Gasteiger partial charge in [-0.2, -0.15) is 0 Å². The largest absolute Gasteiger partial charge is 0.379 e. The molecule has 2 aromatic rings. The highest BCUT2D eigenvalue weighted by Gasteiger charge is 2.26. The van der Waals surface area contributed by atoms with E-state index in [4.69, 9.17) is 4.74 Å². The van der Waals surface area contributed by atoms with E-state index in [2.05, 4.69) is 15.7 Å². The molecule has 2 heterocycles. The highest BCUT2D eigenvalue weighted by molar-refractivity contribution is 7.89. The standard InChI is InChI=1S/C18H24N2O3S2/c1-14-5-6-15(2)18(12-14)25(21,22)19-13-16(17-4-3-11-24-17)20-7-9-23-10-8-20/h3-6,11-12,16,19H,7-10,13H2,1-2H3/t16-/m1/s1. The lowest BCUT2D eigenvalue weighted by atomic mass is 10.2. The zero-order valence-electron chi connectivity index (χ0n) is 14.6. The zero-order valence-corrected chi connectivity index (χ0v) is 16.2. The number of hydrogen-bond acceptors (Lipinski definition) is 5. The van der Waals surface area contributed by atoms with Gasteiger partial charge in [0.15, 0.2) is 0 Å². The van der Waals surface area contributed by atoms with E-state index < -0.39 is 10.0 Å². The summed E-state index contributed by atoms with van der Waals surface area (Å²) in [5, 5.41) is 2.03. The zero-order chi connectivity index (χ0) is 17.9. The van der Waals surface area contributed by atoms with Crippen LogP contribution in [0.3, 0.4) is 0 Å². The van der Waals surface area contributed by atoms with Crippen LogP contribution in [-0.2, 0) is 14.8 Å². The van der Waals surface area contributed by atoms with Gasteiger partial charge in [0.05, 0.1) is 24.2 Å². The second kappa shape index (κ2) is 7.97. The maximum Gasteiger partial charge on any atom is 0.240 e. The molecule has 0 spiro atoms. The number of sulfonamides is 1. The van der Waals surface area contributed by atoms with Gasteiger partial charge in [-0.05, 0) is 42.5 Å². The van der Waals surface area contributed by atoms with Crippen LogP contribution in [0.4, 0.5) is 0 Å². The molecule has 0 saturated carbocycles. The van der Waals surface area contributed by atoms with Gasteiger partial charge in [-0.15, -0.1) is 11.3 Å². The molecule has 1 aromatic heterocycles. The van der Waals surface area contributed by atoms with E-state index in [-0.39, 0.29) is 6.04 Å². The maximum atomic E-state index is 12.8. The van der Waals surface area contributed by atoms with Crippen molar-refractivity contribution in [1.29, 1.82) is 0 Å². The van der Waals surface area contributed by atoms with Crippen molar-refractivity contribution in [2.45, 2.75) is 24.8 Å². The van der Waals surface area contributed by atoms with Crippen LogP contribution < -0.4 is 4.72 Å². The molecule has 7 heteroatoms. The molecule has 0 amide bonds. The van der Waals surface area contributed by atoms with Crippen molar-refractivity contribution < 1.29 is 13.2 Å². The predicted octanol–water partition coefficient (Wildman–Crippen LogP) is 2.72. The topological polar surface area (TPSA) is 58.6 Å². The molecule has 0 bridgehead atoms. The van der Waals surface area contributed by atoms with Gasteiger partial charge in [0, 0.05) is 24.5 Å². The number of nitrogens with zero attached hydrogens (tertiary/aromatic N) is 1. The van der Waals surface area contributed by atoms with Crippen LogP contribution in [0.15, 0.2) is 40.6 Å². The monoisotopic (exact) mass is 380 g/mol. The third-order valence-corrected chi connectivity index (χ3v) is 7.00. The molecule has 1 saturated heterocycles.